The van der Waals surface area contributed by atoms with Crippen molar-refractivity contribution in [1.82, 2.24) is 10.2 Å². The molecule has 120 valence electrons. The number of ether oxygens (including phenoxy) is 1. The van der Waals surface area contributed by atoms with Gasteiger partial charge in [-0.1, -0.05) is 13.3 Å². The Hall–Kier alpha value is -0.120. The van der Waals surface area contributed by atoms with Gasteiger partial charge in [0.1, 0.15) is 0 Å². The van der Waals surface area contributed by atoms with Crippen LogP contribution in [0.5, 0.6) is 0 Å². The summed E-state index contributed by atoms with van der Waals surface area (Å²) in [5, 5.41) is 3.68. The summed E-state index contributed by atoms with van der Waals surface area (Å²) in [7, 11) is 0. The number of hydrogen-bond donors (Lipinski definition) is 1. The van der Waals surface area contributed by atoms with Crippen LogP contribution in [-0.2, 0) is 4.74 Å². The number of nitrogens with one attached hydrogen (secondary N) is 1. The van der Waals surface area contributed by atoms with E-state index in [-0.39, 0.29) is 16.7 Å². The predicted octanol–water partition coefficient (Wildman–Crippen LogP) is 3.43. The standard InChI is InChI=1S/C17H36N2O/c1-9-10-14(11-18-15(2,3)4)19-12-16(5,6)20-17(7,8)13-19/h14,18H,9-13H2,1-8H3. The van der Waals surface area contributed by atoms with Gasteiger partial charge in [-0.05, 0) is 54.9 Å². The quantitative estimate of drug-likeness (QED) is 0.837. The van der Waals surface area contributed by atoms with Gasteiger partial charge in [-0.3, -0.25) is 4.90 Å². The molecule has 1 heterocycles. The van der Waals surface area contributed by atoms with Crippen molar-refractivity contribution < 1.29 is 4.74 Å². The smallest absolute Gasteiger partial charge is 0.0760 e. The van der Waals surface area contributed by atoms with E-state index in [1.54, 1.807) is 0 Å². The molecule has 3 heteroatoms. The highest BCUT2D eigenvalue weighted by Crippen LogP contribution is 2.30. The molecular weight excluding hydrogens is 248 g/mol. The molecule has 1 fully saturated rings. The van der Waals surface area contributed by atoms with Crippen LogP contribution in [0.1, 0.15) is 68.2 Å². The normalized spacial score (nSPS) is 24.6. The van der Waals surface area contributed by atoms with E-state index < -0.39 is 0 Å². The van der Waals surface area contributed by atoms with Gasteiger partial charge in [-0.15, -0.1) is 0 Å². The van der Waals surface area contributed by atoms with Gasteiger partial charge in [-0.25, -0.2) is 0 Å². The van der Waals surface area contributed by atoms with Crippen molar-refractivity contribution in [3.8, 4) is 0 Å². The Morgan fingerprint density at radius 2 is 1.60 bits per heavy atom. The zero-order chi connectivity index (χ0) is 15.6. The van der Waals surface area contributed by atoms with Crippen LogP contribution in [0.2, 0.25) is 0 Å². The molecule has 0 aliphatic carbocycles. The number of nitrogens with zero attached hydrogens (tertiary/aromatic N) is 1. The van der Waals surface area contributed by atoms with Crippen molar-refractivity contribution in [3.63, 3.8) is 0 Å². The number of hydrogen-bond acceptors (Lipinski definition) is 3. The molecule has 1 rings (SSSR count). The summed E-state index contributed by atoms with van der Waals surface area (Å²) in [5.74, 6) is 0. The molecule has 0 aromatic carbocycles. The fraction of sp³-hybridized carbons (Fsp3) is 1.00. The molecule has 1 aliphatic heterocycles. The maximum atomic E-state index is 6.20. The second-order valence-corrected chi connectivity index (χ2v) is 8.60. The fourth-order valence-electron chi connectivity index (χ4n) is 3.28. The van der Waals surface area contributed by atoms with Crippen LogP contribution in [0.15, 0.2) is 0 Å². The van der Waals surface area contributed by atoms with Crippen LogP contribution in [0.25, 0.3) is 0 Å². The van der Waals surface area contributed by atoms with Crippen LogP contribution in [0.4, 0.5) is 0 Å². The van der Waals surface area contributed by atoms with E-state index in [9.17, 15) is 0 Å². The van der Waals surface area contributed by atoms with E-state index in [0.717, 1.165) is 19.6 Å². The first-order valence-corrected chi connectivity index (χ1v) is 8.13. The van der Waals surface area contributed by atoms with Gasteiger partial charge < -0.3 is 10.1 Å². The highest BCUT2D eigenvalue weighted by Gasteiger charge is 2.40. The molecule has 20 heavy (non-hydrogen) atoms. The number of rotatable bonds is 5. The Kier molecular flexibility index (Phi) is 5.67. The summed E-state index contributed by atoms with van der Waals surface area (Å²) in [4.78, 5) is 2.63. The Labute approximate surface area is 126 Å². The fourth-order valence-corrected chi connectivity index (χ4v) is 3.28. The second kappa shape index (κ2) is 6.33. The Balaban J connectivity index is 2.74. The summed E-state index contributed by atoms with van der Waals surface area (Å²) < 4.78 is 6.20. The van der Waals surface area contributed by atoms with E-state index in [1.807, 2.05) is 0 Å². The molecule has 1 aliphatic rings. The molecule has 0 spiro atoms. The van der Waals surface area contributed by atoms with Crippen molar-refractivity contribution in [2.75, 3.05) is 19.6 Å². The predicted molar refractivity (Wildman–Crippen MR) is 87.3 cm³/mol. The van der Waals surface area contributed by atoms with Gasteiger partial charge in [0.05, 0.1) is 11.2 Å². The van der Waals surface area contributed by atoms with Crippen molar-refractivity contribution >= 4 is 0 Å². The van der Waals surface area contributed by atoms with Crippen LogP contribution < -0.4 is 5.32 Å². The molecular formula is C17H36N2O. The number of morpholine rings is 1. The SMILES string of the molecule is CCCC(CNC(C)(C)C)N1CC(C)(C)OC(C)(C)C1. The van der Waals surface area contributed by atoms with Gasteiger partial charge in [0, 0.05) is 31.2 Å². The first-order chi connectivity index (χ1) is 8.94. The summed E-state index contributed by atoms with van der Waals surface area (Å²) in [6.07, 6.45) is 2.48. The van der Waals surface area contributed by atoms with Crippen LogP contribution in [0, 0.1) is 0 Å². The monoisotopic (exact) mass is 284 g/mol. The van der Waals surface area contributed by atoms with Crippen molar-refractivity contribution in [2.45, 2.75) is 91.0 Å². The first kappa shape index (κ1) is 17.9. The Morgan fingerprint density at radius 3 is 2.00 bits per heavy atom. The van der Waals surface area contributed by atoms with E-state index in [1.165, 1.54) is 12.8 Å². The molecule has 1 saturated heterocycles. The molecule has 0 aromatic rings. The van der Waals surface area contributed by atoms with Crippen LogP contribution in [0.3, 0.4) is 0 Å². The summed E-state index contributed by atoms with van der Waals surface area (Å²) >= 11 is 0. The summed E-state index contributed by atoms with van der Waals surface area (Å²) in [5.41, 5.74) is 0.0638. The lowest BCUT2D eigenvalue weighted by Crippen LogP contribution is -2.61. The topological polar surface area (TPSA) is 24.5 Å². The average molecular weight is 284 g/mol. The summed E-state index contributed by atoms with van der Waals surface area (Å²) in [6, 6.07) is 0.599. The van der Waals surface area contributed by atoms with Crippen molar-refractivity contribution in [2.24, 2.45) is 0 Å². The lowest BCUT2D eigenvalue weighted by Gasteiger charge is -2.50. The van der Waals surface area contributed by atoms with Gasteiger partial charge >= 0.3 is 0 Å². The molecule has 1 N–H and O–H groups in total. The molecule has 1 unspecified atom stereocenters. The Morgan fingerprint density at radius 1 is 1.10 bits per heavy atom. The molecule has 1 atom stereocenters. The third-order valence-electron chi connectivity index (χ3n) is 3.73. The highest BCUT2D eigenvalue weighted by molar-refractivity contribution is 4.92. The highest BCUT2D eigenvalue weighted by atomic mass is 16.5. The van der Waals surface area contributed by atoms with Crippen LogP contribution in [-0.4, -0.2) is 47.3 Å². The maximum absolute atomic E-state index is 6.20. The zero-order valence-corrected chi connectivity index (χ0v) is 15.0. The van der Waals surface area contributed by atoms with E-state index in [2.05, 4.69) is 65.6 Å². The first-order valence-electron chi connectivity index (χ1n) is 8.13. The third-order valence-corrected chi connectivity index (χ3v) is 3.73. The molecule has 0 radical (unpaired) electrons. The van der Waals surface area contributed by atoms with Gasteiger partial charge in [-0.2, -0.15) is 0 Å². The molecule has 0 bridgehead atoms. The maximum Gasteiger partial charge on any atom is 0.0760 e. The van der Waals surface area contributed by atoms with Crippen molar-refractivity contribution in [1.29, 1.82) is 0 Å². The zero-order valence-electron chi connectivity index (χ0n) is 15.0. The largest absolute Gasteiger partial charge is 0.367 e. The van der Waals surface area contributed by atoms with Crippen LogP contribution >= 0.6 is 0 Å². The molecule has 0 aromatic heterocycles. The van der Waals surface area contributed by atoms with Crippen molar-refractivity contribution in [3.05, 3.63) is 0 Å². The summed E-state index contributed by atoms with van der Waals surface area (Å²) in [6.45, 7) is 20.9. The molecule has 0 saturated carbocycles. The third kappa shape index (κ3) is 6.11. The molecule has 0 amide bonds. The average Bonchev–Trinajstić information content (AvgIpc) is 2.18. The van der Waals surface area contributed by atoms with E-state index in [0.29, 0.717) is 6.04 Å². The minimum absolute atomic E-state index is 0.0600. The minimum atomic E-state index is -0.0600. The lowest BCUT2D eigenvalue weighted by atomic mass is 9.95. The second-order valence-electron chi connectivity index (χ2n) is 8.60. The van der Waals surface area contributed by atoms with Gasteiger partial charge in [0.25, 0.3) is 0 Å². The lowest BCUT2D eigenvalue weighted by molar-refractivity contribution is -0.188. The van der Waals surface area contributed by atoms with E-state index >= 15 is 0 Å². The molecule has 3 nitrogen and oxygen atoms in total. The Bertz CT molecular complexity index is 289. The van der Waals surface area contributed by atoms with Gasteiger partial charge in [0.2, 0.25) is 0 Å². The van der Waals surface area contributed by atoms with E-state index in [4.69, 9.17) is 4.74 Å². The minimum Gasteiger partial charge on any atom is -0.367 e. The van der Waals surface area contributed by atoms with Gasteiger partial charge in [0.15, 0.2) is 0 Å².